The second kappa shape index (κ2) is 5.88. The first-order valence-corrected chi connectivity index (χ1v) is 7.74. The fourth-order valence-corrected chi connectivity index (χ4v) is 3.17. The molecule has 0 bridgehead atoms. The summed E-state index contributed by atoms with van der Waals surface area (Å²) in [5.41, 5.74) is 5.97. The lowest BCUT2D eigenvalue weighted by Gasteiger charge is -2.08. The number of hydrogen-bond donors (Lipinski definition) is 3. The zero-order chi connectivity index (χ0) is 14.8. The Morgan fingerprint density at radius 2 is 2.25 bits per heavy atom. The number of H-pyrrole nitrogens is 1. The summed E-state index contributed by atoms with van der Waals surface area (Å²) >= 11 is 10.8. The first-order valence-electron chi connectivity index (χ1n) is 5.47. The zero-order valence-corrected chi connectivity index (χ0v) is 12.5. The monoisotopic (exact) mass is 330 g/mol. The number of imidazole rings is 1. The van der Waals surface area contributed by atoms with Gasteiger partial charge in [-0.3, -0.25) is 0 Å². The van der Waals surface area contributed by atoms with Gasteiger partial charge in [-0.15, -0.1) is 0 Å². The van der Waals surface area contributed by atoms with Crippen LogP contribution in [0.1, 0.15) is 11.4 Å². The molecule has 0 saturated carbocycles. The van der Waals surface area contributed by atoms with Crippen LogP contribution < -0.4 is 10.5 Å². The van der Waals surface area contributed by atoms with Gasteiger partial charge in [-0.05, 0) is 12.1 Å². The molecule has 0 amide bonds. The van der Waals surface area contributed by atoms with Gasteiger partial charge in [-0.2, -0.15) is 0 Å². The number of nitrogens with two attached hydrogens (primary N) is 1. The molecule has 1 heterocycles. The van der Waals surface area contributed by atoms with Crippen molar-refractivity contribution in [1.29, 1.82) is 0 Å². The van der Waals surface area contributed by atoms with E-state index in [2.05, 4.69) is 14.7 Å². The highest BCUT2D eigenvalue weighted by Gasteiger charge is 2.18. The molecule has 1 aromatic heterocycles. The summed E-state index contributed by atoms with van der Waals surface area (Å²) in [7, 11) is -3.74. The number of aromatic nitrogens is 2. The van der Waals surface area contributed by atoms with Crippen molar-refractivity contribution in [2.45, 2.75) is 11.4 Å². The number of sulfonamides is 1. The van der Waals surface area contributed by atoms with E-state index in [4.69, 9.17) is 29.6 Å². The maximum absolute atomic E-state index is 12.1. The van der Waals surface area contributed by atoms with E-state index in [1.54, 1.807) is 6.20 Å². The van der Waals surface area contributed by atoms with Gasteiger partial charge in [0.15, 0.2) is 0 Å². The fraction of sp³-hybridized carbons (Fsp3) is 0.0909. The van der Waals surface area contributed by atoms with Crippen LogP contribution in [0.15, 0.2) is 35.5 Å². The molecule has 0 spiro atoms. The molecular weight excluding hydrogens is 320 g/mol. The highest BCUT2D eigenvalue weighted by Crippen LogP contribution is 2.22. The number of nitrogens with zero attached hydrogens (tertiary/aromatic N) is 1. The first-order chi connectivity index (χ1) is 9.40. The molecule has 0 unspecified atom stereocenters. The van der Waals surface area contributed by atoms with Gasteiger partial charge in [-0.1, -0.05) is 29.9 Å². The minimum atomic E-state index is -3.74. The topological polar surface area (TPSA) is 101 Å². The van der Waals surface area contributed by atoms with E-state index in [0.717, 1.165) is 0 Å². The van der Waals surface area contributed by atoms with Gasteiger partial charge < -0.3 is 10.7 Å². The first kappa shape index (κ1) is 14.9. The van der Waals surface area contributed by atoms with Crippen LogP contribution in [0, 0.1) is 0 Å². The number of halogens is 1. The molecule has 9 heteroatoms. The van der Waals surface area contributed by atoms with Crippen LogP contribution in [0.3, 0.4) is 0 Å². The van der Waals surface area contributed by atoms with Gasteiger partial charge in [0.2, 0.25) is 10.0 Å². The lowest BCUT2D eigenvalue weighted by molar-refractivity contribution is 0.579. The average Bonchev–Trinajstić information content (AvgIpc) is 2.89. The predicted octanol–water partition coefficient (Wildman–Crippen LogP) is 1.18. The molecule has 106 valence electrons. The Bertz CT molecular complexity index is 729. The van der Waals surface area contributed by atoms with E-state index in [1.165, 1.54) is 24.4 Å². The molecule has 0 atom stereocenters. The van der Waals surface area contributed by atoms with E-state index in [1.807, 2.05) is 0 Å². The zero-order valence-electron chi connectivity index (χ0n) is 10.1. The van der Waals surface area contributed by atoms with Crippen molar-refractivity contribution in [2.75, 3.05) is 0 Å². The number of rotatable bonds is 5. The molecule has 2 aromatic rings. The lowest BCUT2D eigenvalue weighted by Crippen LogP contribution is -2.24. The summed E-state index contributed by atoms with van der Waals surface area (Å²) in [5.74, 6) is 0.504. The van der Waals surface area contributed by atoms with Crippen LogP contribution in [0.4, 0.5) is 0 Å². The summed E-state index contributed by atoms with van der Waals surface area (Å²) in [6.45, 7) is 0.0444. The Hall–Kier alpha value is -1.48. The average molecular weight is 331 g/mol. The predicted molar refractivity (Wildman–Crippen MR) is 80.0 cm³/mol. The largest absolute Gasteiger partial charge is 0.389 e. The summed E-state index contributed by atoms with van der Waals surface area (Å²) in [6.07, 6.45) is 3.14. The minimum Gasteiger partial charge on any atom is -0.389 e. The van der Waals surface area contributed by atoms with Crippen molar-refractivity contribution in [3.63, 3.8) is 0 Å². The van der Waals surface area contributed by atoms with E-state index < -0.39 is 10.0 Å². The van der Waals surface area contributed by atoms with Crippen LogP contribution in [0.25, 0.3) is 0 Å². The van der Waals surface area contributed by atoms with E-state index in [9.17, 15) is 8.42 Å². The van der Waals surface area contributed by atoms with Gasteiger partial charge in [0.05, 0.1) is 11.6 Å². The molecule has 0 fully saturated rings. The van der Waals surface area contributed by atoms with Gasteiger partial charge in [0, 0.05) is 18.0 Å². The highest BCUT2D eigenvalue weighted by atomic mass is 35.5. The molecular formula is C11H11ClN4O2S2. The van der Waals surface area contributed by atoms with Crippen molar-refractivity contribution in [3.05, 3.63) is 47.0 Å². The molecule has 0 aliphatic heterocycles. The van der Waals surface area contributed by atoms with E-state index >= 15 is 0 Å². The van der Waals surface area contributed by atoms with Crippen molar-refractivity contribution in [1.82, 2.24) is 14.7 Å². The summed E-state index contributed by atoms with van der Waals surface area (Å²) in [4.78, 5) is 6.83. The van der Waals surface area contributed by atoms with Gasteiger partial charge in [0.1, 0.15) is 15.7 Å². The number of aromatic amines is 1. The smallest absolute Gasteiger partial charge is 0.242 e. The van der Waals surface area contributed by atoms with Gasteiger partial charge >= 0.3 is 0 Å². The third-order valence-electron chi connectivity index (χ3n) is 2.49. The Labute approximate surface area is 126 Å². The van der Waals surface area contributed by atoms with E-state index in [-0.39, 0.29) is 21.5 Å². The molecule has 20 heavy (non-hydrogen) atoms. The van der Waals surface area contributed by atoms with Gasteiger partial charge in [-0.25, -0.2) is 18.1 Å². The van der Waals surface area contributed by atoms with Crippen molar-refractivity contribution >= 4 is 38.8 Å². The minimum absolute atomic E-state index is 0.0364. The normalized spacial score (nSPS) is 11.4. The summed E-state index contributed by atoms with van der Waals surface area (Å²) in [6, 6.07) is 4.29. The maximum atomic E-state index is 12.1. The Balaban J connectivity index is 2.23. The standard InChI is InChI=1S/C11H11ClN4O2S2/c12-8-5-7(11(13)19)1-2-9(8)20(17,18)16-6-10-14-3-4-15-10/h1-5,16H,6H2,(H2,13,19)(H,14,15). The van der Waals surface area contributed by atoms with Crippen molar-refractivity contribution < 1.29 is 8.42 Å². The van der Waals surface area contributed by atoms with Crippen LogP contribution >= 0.6 is 23.8 Å². The molecule has 0 saturated heterocycles. The lowest BCUT2D eigenvalue weighted by atomic mass is 10.2. The molecule has 1 aromatic carbocycles. The highest BCUT2D eigenvalue weighted by molar-refractivity contribution is 7.89. The maximum Gasteiger partial charge on any atom is 0.242 e. The molecule has 2 rings (SSSR count). The Morgan fingerprint density at radius 1 is 1.50 bits per heavy atom. The van der Waals surface area contributed by atoms with Crippen molar-refractivity contribution in [3.8, 4) is 0 Å². The van der Waals surface area contributed by atoms with Crippen molar-refractivity contribution in [2.24, 2.45) is 5.73 Å². The quantitative estimate of drug-likeness (QED) is 0.715. The second-order valence-corrected chi connectivity index (χ2v) is 6.45. The Kier molecular flexibility index (Phi) is 4.39. The fourth-order valence-electron chi connectivity index (χ4n) is 1.51. The van der Waals surface area contributed by atoms with Crippen LogP contribution in [0.2, 0.25) is 5.02 Å². The molecule has 6 nitrogen and oxygen atoms in total. The van der Waals surface area contributed by atoms with Crippen LogP contribution in [0.5, 0.6) is 0 Å². The summed E-state index contributed by atoms with van der Waals surface area (Å²) in [5, 5.41) is 0.0576. The Morgan fingerprint density at radius 3 is 2.80 bits per heavy atom. The number of hydrogen-bond acceptors (Lipinski definition) is 4. The SMILES string of the molecule is NC(=S)c1ccc(S(=O)(=O)NCc2ncc[nH]2)c(Cl)c1. The van der Waals surface area contributed by atoms with Crippen LogP contribution in [-0.4, -0.2) is 23.4 Å². The molecule has 0 radical (unpaired) electrons. The molecule has 0 aliphatic carbocycles. The number of thiocarbonyl (C=S) groups is 1. The number of nitrogens with one attached hydrogen (secondary N) is 2. The molecule has 0 aliphatic rings. The van der Waals surface area contributed by atoms with Crippen LogP contribution in [-0.2, 0) is 16.6 Å². The third-order valence-corrected chi connectivity index (χ3v) is 4.61. The van der Waals surface area contributed by atoms with Gasteiger partial charge in [0.25, 0.3) is 0 Å². The number of benzene rings is 1. The summed E-state index contributed by atoms with van der Waals surface area (Å²) < 4.78 is 26.7. The molecule has 4 N–H and O–H groups in total. The third kappa shape index (κ3) is 3.34. The van der Waals surface area contributed by atoms with E-state index in [0.29, 0.717) is 11.4 Å². The second-order valence-electron chi connectivity index (χ2n) is 3.87.